The summed E-state index contributed by atoms with van der Waals surface area (Å²) in [5, 5.41) is 5.81. The average molecular weight is 633 g/mol. The molecule has 0 bridgehead atoms. The molecule has 5 rings (SSSR count). The number of carbonyl (C=O) groups excluding carboxylic acids is 3. The van der Waals surface area contributed by atoms with Crippen LogP contribution in [-0.2, 0) is 23.0 Å². The topological polar surface area (TPSA) is 110 Å². The minimum Gasteiger partial charge on any atom is -0.378 e. The SMILES string of the molecule is C=CC(=O)Nc1cc(Cc2cc(-c3cccc(NC(=O)c4ccc(C(C)C)cc4)c3C)cn(C)c2=O)ccc1C(=O)N1CCOCC1. The van der Waals surface area contributed by atoms with E-state index in [0.717, 1.165) is 28.3 Å². The maximum atomic E-state index is 13.3. The number of aryl methyl sites for hydroxylation is 1. The van der Waals surface area contributed by atoms with Gasteiger partial charge in [0.05, 0.1) is 24.5 Å². The van der Waals surface area contributed by atoms with Crippen molar-refractivity contribution in [1.82, 2.24) is 9.47 Å². The Kier molecular flexibility index (Phi) is 10.2. The molecule has 1 aliphatic heterocycles. The molecule has 2 N–H and O–H groups in total. The van der Waals surface area contributed by atoms with Crippen LogP contribution in [0.3, 0.4) is 0 Å². The lowest BCUT2D eigenvalue weighted by Gasteiger charge is -2.27. The molecular weight excluding hydrogens is 592 g/mol. The average Bonchev–Trinajstić information content (AvgIpc) is 3.07. The van der Waals surface area contributed by atoms with Crippen LogP contribution in [-0.4, -0.2) is 53.5 Å². The van der Waals surface area contributed by atoms with Gasteiger partial charge in [0, 0.05) is 49.6 Å². The normalized spacial score (nSPS) is 12.9. The molecule has 4 aromatic rings. The first kappa shape index (κ1) is 33.1. The molecule has 3 amide bonds. The number of aromatic nitrogens is 1. The van der Waals surface area contributed by atoms with E-state index in [-0.39, 0.29) is 23.8 Å². The van der Waals surface area contributed by atoms with Crippen LogP contribution < -0.4 is 16.2 Å². The van der Waals surface area contributed by atoms with Gasteiger partial charge in [-0.2, -0.15) is 0 Å². The number of hydrogen-bond donors (Lipinski definition) is 2. The van der Waals surface area contributed by atoms with Crippen molar-refractivity contribution in [2.45, 2.75) is 33.1 Å². The molecule has 0 radical (unpaired) electrons. The predicted octanol–water partition coefficient (Wildman–Crippen LogP) is 5.92. The highest BCUT2D eigenvalue weighted by molar-refractivity contribution is 6.07. The standard InChI is InChI=1S/C38H40N4O5/c1-6-35(43)39-34-21-26(10-15-32(34)38(46)42-16-18-47-19-17-42)20-29-22-30(23-41(5)37(29)45)31-8-7-9-33(25(31)4)40-36(44)28-13-11-27(12-14-28)24(2)3/h6-15,21-24H,1,16-20H2,2-5H3,(H,39,43)(H,40,44). The van der Waals surface area contributed by atoms with Crippen molar-refractivity contribution in [1.29, 1.82) is 0 Å². The number of rotatable bonds is 9. The quantitative estimate of drug-likeness (QED) is 0.223. The van der Waals surface area contributed by atoms with Crippen LogP contribution >= 0.6 is 0 Å². The Morgan fingerprint density at radius 3 is 2.36 bits per heavy atom. The molecule has 1 aromatic heterocycles. The molecule has 1 saturated heterocycles. The van der Waals surface area contributed by atoms with E-state index in [1.165, 1.54) is 5.56 Å². The number of nitrogens with zero attached hydrogens (tertiary/aromatic N) is 2. The number of morpholine rings is 1. The third-order valence-corrected chi connectivity index (χ3v) is 8.44. The maximum absolute atomic E-state index is 13.3. The summed E-state index contributed by atoms with van der Waals surface area (Å²) >= 11 is 0. The Hall–Kier alpha value is -5.28. The van der Waals surface area contributed by atoms with Crippen molar-refractivity contribution in [2.24, 2.45) is 7.05 Å². The third-order valence-electron chi connectivity index (χ3n) is 8.44. The molecule has 3 aromatic carbocycles. The van der Waals surface area contributed by atoms with Crippen LogP contribution in [0.5, 0.6) is 0 Å². The third kappa shape index (κ3) is 7.58. The first-order chi connectivity index (χ1) is 22.5. The number of ether oxygens (including phenoxy) is 1. The fraction of sp³-hybridized carbons (Fsp3) is 0.263. The second-order valence-corrected chi connectivity index (χ2v) is 12.0. The number of carbonyl (C=O) groups is 3. The van der Waals surface area contributed by atoms with Gasteiger partial charge in [0.1, 0.15) is 0 Å². The predicted molar refractivity (Wildman–Crippen MR) is 185 cm³/mol. The lowest BCUT2D eigenvalue weighted by molar-refractivity contribution is -0.111. The zero-order valence-electron chi connectivity index (χ0n) is 27.3. The highest BCUT2D eigenvalue weighted by Gasteiger charge is 2.22. The lowest BCUT2D eigenvalue weighted by Crippen LogP contribution is -2.41. The van der Waals surface area contributed by atoms with Crippen molar-refractivity contribution in [2.75, 3.05) is 36.9 Å². The lowest BCUT2D eigenvalue weighted by atomic mass is 9.96. The second-order valence-electron chi connectivity index (χ2n) is 12.0. The van der Waals surface area contributed by atoms with E-state index in [9.17, 15) is 19.2 Å². The van der Waals surface area contributed by atoms with Crippen LogP contribution in [0.25, 0.3) is 11.1 Å². The van der Waals surface area contributed by atoms with Gasteiger partial charge in [0.15, 0.2) is 0 Å². The summed E-state index contributed by atoms with van der Waals surface area (Å²) in [4.78, 5) is 53.7. The molecule has 0 atom stereocenters. The van der Waals surface area contributed by atoms with Gasteiger partial charge in [-0.3, -0.25) is 19.2 Å². The minimum atomic E-state index is -0.439. The Bertz CT molecular complexity index is 1890. The van der Waals surface area contributed by atoms with Crippen molar-refractivity contribution < 1.29 is 19.1 Å². The number of amides is 3. The van der Waals surface area contributed by atoms with E-state index < -0.39 is 5.91 Å². The van der Waals surface area contributed by atoms with Gasteiger partial charge in [-0.25, -0.2) is 0 Å². The van der Waals surface area contributed by atoms with Crippen molar-refractivity contribution in [3.8, 4) is 11.1 Å². The van der Waals surface area contributed by atoms with E-state index in [2.05, 4.69) is 31.1 Å². The molecule has 47 heavy (non-hydrogen) atoms. The zero-order chi connectivity index (χ0) is 33.7. The van der Waals surface area contributed by atoms with E-state index in [1.54, 1.807) is 40.9 Å². The van der Waals surface area contributed by atoms with Gasteiger partial charge in [0.25, 0.3) is 17.4 Å². The summed E-state index contributed by atoms with van der Waals surface area (Å²) in [6.45, 7) is 11.5. The fourth-order valence-corrected chi connectivity index (χ4v) is 5.68. The summed E-state index contributed by atoms with van der Waals surface area (Å²) in [7, 11) is 1.71. The van der Waals surface area contributed by atoms with Gasteiger partial charge < -0.3 is 24.8 Å². The highest BCUT2D eigenvalue weighted by Crippen LogP contribution is 2.30. The number of hydrogen-bond acceptors (Lipinski definition) is 5. The number of anilines is 2. The van der Waals surface area contributed by atoms with E-state index >= 15 is 0 Å². The summed E-state index contributed by atoms with van der Waals surface area (Å²) in [5.41, 5.74) is 6.82. The van der Waals surface area contributed by atoms with Crippen molar-refractivity contribution in [3.63, 3.8) is 0 Å². The van der Waals surface area contributed by atoms with Gasteiger partial charge >= 0.3 is 0 Å². The van der Waals surface area contributed by atoms with Gasteiger partial charge in [-0.15, -0.1) is 0 Å². The summed E-state index contributed by atoms with van der Waals surface area (Å²) in [6.07, 6.45) is 3.20. The van der Waals surface area contributed by atoms with Crippen LogP contribution in [0.2, 0.25) is 0 Å². The first-order valence-corrected chi connectivity index (χ1v) is 15.7. The van der Waals surface area contributed by atoms with Gasteiger partial charge in [0.2, 0.25) is 5.91 Å². The van der Waals surface area contributed by atoms with E-state index in [1.807, 2.05) is 55.5 Å². The highest BCUT2D eigenvalue weighted by atomic mass is 16.5. The van der Waals surface area contributed by atoms with E-state index in [4.69, 9.17) is 4.74 Å². The molecule has 0 unspecified atom stereocenters. The molecule has 9 nitrogen and oxygen atoms in total. The molecule has 9 heteroatoms. The molecular formula is C38H40N4O5. The zero-order valence-corrected chi connectivity index (χ0v) is 27.3. The summed E-state index contributed by atoms with van der Waals surface area (Å²) in [6, 6.07) is 20.4. The largest absolute Gasteiger partial charge is 0.378 e. The van der Waals surface area contributed by atoms with Gasteiger partial charge in [-0.05, 0) is 83.1 Å². The Balaban J connectivity index is 1.43. The van der Waals surface area contributed by atoms with Crippen molar-refractivity contribution >= 4 is 29.1 Å². The van der Waals surface area contributed by atoms with Gasteiger partial charge in [-0.1, -0.05) is 50.8 Å². The van der Waals surface area contributed by atoms with Crippen LogP contribution in [0.15, 0.2) is 90.4 Å². The molecule has 0 aliphatic carbocycles. The number of pyridine rings is 1. The molecule has 1 fully saturated rings. The van der Waals surface area contributed by atoms with Crippen molar-refractivity contribution in [3.05, 3.63) is 129 Å². The monoisotopic (exact) mass is 632 g/mol. The first-order valence-electron chi connectivity index (χ1n) is 15.7. The smallest absolute Gasteiger partial charge is 0.256 e. The van der Waals surface area contributed by atoms with E-state index in [0.29, 0.717) is 60.3 Å². The second kappa shape index (κ2) is 14.4. The van der Waals surface area contributed by atoms with Crippen LogP contribution in [0.1, 0.15) is 62.7 Å². The Labute approximate surface area is 274 Å². The minimum absolute atomic E-state index is 0.161. The molecule has 0 spiro atoms. The van der Waals surface area contributed by atoms with Crippen LogP contribution in [0, 0.1) is 6.92 Å². The van der Waals surface area contributed by atoms with Crippen LogP contribution in [0.4, 0.5) is 11.4 Å². The Morgan fingerprint density at radius 1 is 0.957 bits per heavy atom. The summed E-state index contributed by atoms with van der Waals surface area (Å²) < 4.78 is 6.92. The fourth-order valence-electron chi connectivity index (χ4n) is 5.68. The summed E-state index contributed by atoms with van der Waals surface area (Å²) in [5.74, 6) is -0.461. The number of nitrogens with one attached hydrogen (secondary N) is 2. The molecule has 1 aliphatic rings. The molecule has 0 saturated carbocycles. The molecule has 242 valence electrons. The number of benzene rings is 3. The molecule has 2 heterocycles. The Morgan fingerprint density at radius 2 is 1.68 bits per heavy atom. The maximum Gasteiger partial charge on any atom is 0.256 e.